The van der Waals surface area contributed by atoms with Gasteiger partial charge in [0.2, 0.25) is 0 Å². The molecule has 6 nitrogen and oxygen atoms in total. The van der Waals surface area contributed by atoms with E-state index in [4.69, 9.17) is 5.73 Å². The fraction of sp³-hybridized carbons (Fsp3) is 0.368. The van der Waals surface area contributed by atoms with Crippen LogP contribution in [0.1, 0.15) is 52.5 Å². The summed E-state index contributed by atoms with van der Waals surface area (Å²) in [6, 6.07) is 6.73. The monoisotopic (exact) mass is 406 g/mol. The number of fused-ring (bicyclic) bond motifs is 1. The number of hydrogen-bond acceptors (Lipinski definition) is 5. The Kier molecular flexibility index (Phi) is 5.67. The van der Waals surface area contributed by atoms with Crippen LogP contribution in [0.25, 0.3) is 0 Å². The Balaban J connectivity index is 1.89. The first-order valence-corrected chi connectivity index (χ1v) is 11.2. The maximum absolute atomic E-state index is 12.8. The van der Waals surface area contributed by atoms with E-state index in [2.05, 4.69) is 11.6 Å². The predicted octanol–water partition coefficient (Wildman–Crippen LogP) is 3.05. The zero-order chi connectivity index (χ0) is 19.6. The fourth-order valence-electron chi connectivity index (χ4n) is 3.18. The summed E-state index contributed by atoms with van der Waals surface area (Å²) >= 11 is 1.12. The standard InChI is InChI=1S/C19H22N2O4S2/c1-2-3-4-12-5-8-14(9-6-12)27(24,25)21-19-17(18(20)23)15-10-7-13(22)11-16(15)26-19/h5-6,8-9,21H,2-4,7,10-11H2,1H3,(H2,20,23). The van der Waals surface area contributed by atoms with Gasteiger partial charge in [0.1, 0.15) is 10.8 Å². The summed E-state index contributed by atoms with van der Waals surface area (Å²) in [6.45, 7) is 2.10. The third kappa shape index (κ3) is 4.22. The topological polar surface area (TPSA) is 106 Å². The largest absolute Gasteiger partial charge is 0.365 e. The molecule has 1 aromatic carbocycles. The number of aryl methyl sites for hydroxylation is 1. The lowest BCUT2D eigenvalue weighted by molar-refractivity contribution is -0.118. The molecule has 1 aliphatic rings. The van der Waals surface area contributed by atoms with Crippen LogP contribution in [0.3, 0.4) is 0 Å². The minimum Gasteiger partial charge on any atom is -0.365 e. The SMILES string of the molecule is CCCCc1ccc(S(=O)(=O)Nc2sc3c(c2C(N)=O)CCC(=O)C3)cc1. The first-order chi connectivity index (χ1) is 12.8. The van der Waals surface area contributed by atoms with Gasteiger partial charge in [-0.15, -0.1) is 11.3 Å². The third-order valence-corrected chi connectivity index (χ3v) is 7.27. The second kappa shape index (κ2) is 7.82. The van der Waals surface area contributed by atoms with E-state index in [0.717, 1.165) is 36.2 Å². The lowest BCUT2D eigenvalue weighted by Crippen LogP contribution is -2.20. The zero-order valence-corrected chi connectivity index (χ0v) is 16.7. The molecule has 0 bridgehead atoms. The number of Topliss-reactive ketones (excluding diaryl/α,β-unsaturated/α-hetero) is 1. The molecule has 3 N–H and O–H groups in total. The van der Waals surface area contributed by atoms with Crippen molar-refractivity contribution in [3.63, 3.8) is 0 Å². The number of carbonyl (C=O) groups is 2. The number of rotatable bonds is 7. The molecular formula is C19H22N2O4S2. The van der Waals surface area contributed by atoms with E-state index in [0.29, 0.717) is 23.3 Å². The molecule has 0 saturated heterocycles. The molecule has 1 aromatic heterocycles. The first-order valence-electron chi connectivity index (χ1n) is 8.89. The van der Waals surface area contributed by atoms with Gasteiger partial charge in [0.05, 0.1) is 10.5 Å². The molecule has 1 heterocycles. The molecule has 0 atom stereocenters. The normalized spacial score (nSPS) is 14.0. The molecule has 2 aromatic rings. The summed E-state index contributed by atoms with van der Waals surface area (Å²) in [5.74, 6) is -0.605. The van der Waals surface area contributed by atoms with E-state index in [1.54, 1.807) is 24.3 Å². The highest BCUT2D eigenvalue weighted by Gasteiger charge is 2.29. The molecule has 0 spiro atoms. The number of benzene rings is 1. The van der Waals surface area contributed by atoms with Gasteiger partial charge < -0.3 is 5.73 Å². The molecule has 27 heavy (non-hydrogen) atoms. The van der Waals surface area contributed by atoms with Crippen LogP contribution in [0.4, 0.5) is 5.00 Å². The fourth-order valence-corrected chi connectivity index (χ4v) is 5.77. The summed E-state index contributed by atoms with van der Waals surface area (Å²) in [5, 5.41) is 0.192. The summed E-state index contributed by atoms with van der Waals surface area (Å²) < 4.78 is 28.0. The van der Waals surface area contributed by atoms with Crippen LogP contribution in [0.2, 0.25) is 0 Å². The van der Waals surface area contributed by atoms with Gasteiger partial charge in [-0.3, -0.25) is 14.3 Å². The average Bonchev–Trinajstić information content (AvgIpc) is 2.96. The number of anilines is 1. The molecule has 0 fully saturated rings. The molecule has 0 unspecified atom stereocenters. The van der Waals surface area contributed by atoms with Crippen molar-refractivity contribution in [2.75, 3.05) is 4.72 Å². The van der Waals surface area contributed by atoms with Crippen LogP contribution in [-0.2, 0) is 34.1 Å². The van der Waals surface area contributed by atoms with Gasteiger partial charge in [0, 0.05) is 17.7 Å². The number of primary amides is 1. The van der Waals surface area contributed by atoms with Gasteiger partial charge >= 0.3 is 0 Å². The molecule has 1 amide bonds. The Morgan fingerprint density at radius 1 is 1.22 bits per heavy atom. The molecule has 0 saturated carbocycles. The van der Waals surface area contributed by atoms with Crippen molar-refractivity contribution in [1.29, 1.82) is 0 Å². The summed E-state index contributed by atoms with van der Waals surface area (Å²) in [4.78, 5) is 24.4. The van der Waals surface area contributed by atoms with Crippen molar-refractivity contribution < 1.29 is 18.0 Å². The highest BCUT2D eigenvalue weighted by molar-refractivity contribution is 7.93. The second-order valence-corrected chi connectivity index (χ2v) is 9.43. The molecule has 8 heteroatoms. The van der Waals surface area contributed by atoms with Crippen molar-refractivity contribution in [3.05, 3.63) is 45.8 Å². The molecule has 0 aliphatic heterocycles. The second-order valence-electron chi connectivity index (χ2n) is 6.64. The Morgan fingerprint density at radius 2 is 1.93 bits per heavy atom. The van der Waals surface area contributed by atoms with Gasteiger partial charge in [0.15, 0.2) is 0 Å². The molecular weight excluding hydrogens is 384 g/mol. The Hall–Kier alpha value is -2.19. The summed E-state index contributed by atoms with van der Waals surface area (Å²) in [6.07, 6.45) is 4.00. The van der Waals surface area contributed by atoms with Crippen LogP contribution in [0, 0.1) is 0 Å². The van der Waals surface area contributed by atoms with Gasteiger partial charge in [-0.05, 0) is 42.5 Å². The van der Waals surface area contributed by atoms with Crippen molar-refractivity contribution in [2.24, 2.45) is 5.73 Å². The van der Waals surface area contributed by atoms with Gasteiger partial charge in [0.25, 0.3) is 15.9 Å². The Morgan fingerprint density at radius 3 is 2.56 bits per heavy atom. The van der Waals surface area contributed by atoms with Gasteiger partial charge in [-0.25, -0.2) is 8.42 Å². The number of unbranched alkanes of at least 4 members (excludes halogenated alkanes) is 1. The van der Waals surface area contributed by atoms with E-state index in [1.165, 1.54) is 0 Å². The number of nitrogens with one attached hydrogen (secondary N) is 1. The average molecular weight is 407 g/mol. The van der Waals surface area contributed by atoms with Crippen LogP contribution < -0.4 is 10.5 Å². The number of thiophene rings is 1. The molecule has 1 aliphatic carbocycles. The summed E-state index contributed by atoms with van der Waals surface area (Å²) in [5.41, 5.74) is 7.45. The van der Waals surface area contributed by atoms with Crippen LogP contribution in [-0.4, -0.2) is 20.1 Å². The maximum atomic E-state index is 12.8. The Labute approximate surface area is 162 Å². The van der Waals surface area contributed by atoms with Crippen LogP contribution in [0.5, 0.6) is 0 Å². The van der Waals surface area contributed by atoms with E-state index in [1.807, 2.05) is 0 Å². The number of carbonyl (C=O) groups excluding carboxylic acids is 2. The molecule has 0 radical (unpaired) electrons. The van der Waals surface area contributed by atoms with Crippen molar-refractivity contribution in [3.8, 4) is 0 Å². The van der Waals surface area contributed by atoms with E-state index in [-0.39, 0.29) is 27.7 Å². The van der Waals surface area contributed by atoms with E-state index >= 15 is 0 Å². The highest BCUT2D eigenvalue weighted by Crippen LogP contribution is 2.38. The lowest BCUT2D eigenvalue weighted by atomic mass is 9.94. The van der Waals surface area contributed by atoms with E-state index < -0.39 is 15.9 Å². The molecule has 144 valence electrons. The van der Waals surface area contributed by atoms with Crippen molar-refractivity contribution >= 4 is 38.1 Å². The Bertz CT molecular complexity index is 976. The van der Waals surface area contributed by atoms with Gasteiger partial charge in [-0.1, -0.05) is 25.5 Å². The smallest absolute Gasteiger partial charge is 0.262 e. The minimum absolute atomic E-state index is 0.0804. The molecule has 3 rings (SSSR count). The zero-order valence-electron chi connectivity index (χ0n) is 15.1. The van der Waals surface area contributed by atoms with Gasteiger partial charge in [-0.2, -0.15) is 0 Å². The van der Waals surface area contributed by atoms with Crippen LogP contribution >= 0.6 is 11.3 Å². The number of ketones is 1. The van der Waals surface area contributed by atoms with Crippen molar-refractivity contribution in [1.82, 2.24) is 0 Å². The highest BCUT2D eigenvalue weighted by atomic mass is 32.2. The lowest BCUT2D eigenvalue weighted by Gasteiger charge is -2.11. The number of sulfonamides is 1. The maximum Gasteiger partial charge on any atom is 0.262 e. The number of nitrogens with two attached hydrogens (primary N) is 1. The van der Waals surface area contributed by atoms with Crippen molar-refractivity contribution in [2.45, 2.75) is 50.3 Å². The number of hydrogen-bond donors (Lipinski definition) is 2. The number of amides is 1. The van der Waals surface area contributed by atoms with Crippen LogP contribution in [0.15, 0.2) is 29.2 Å². The third-order valence-electron chi connectivity index (χ3n) is 4.63. The minimum atomic E-state index is -3.85. The first kappa shape index (κ1) is 19.6. The van der Waals surface area contributed by atoms with E-state index in [9.17, 15) is 18.0 Å². The quantitative estimate of drug-likeness (QED) is 0.737. The summed E-state index contributed by atoms with van der Waals surface area (Å²) in [7, 11) is -3.85. The predicted molar refractivity (Wildman–Crippen MR) is 106 cm³/mol.